The quantitative estimate of drug-likeness (QED) is 0.140. The number of aliphatic imine (C=N–C) groups is 2. The van der Waals surface area contributed by atoms with Crippen LogP contribution in [0, 0.1) is 0 Å². The Morgan fingerprint density at radius 1 is 0.347 bits per heavy atom. The predicted octanol–water partition coefficient (Wildman–Crippen LogP) is 15.5. The number of hydrogen-bond acceptors (Lipinski definition) is 6. The number of rotatable bonds is 11. The van der Waals surface area contributed by atoms with Crippen LogP contribution in [0.25, 0.3) is 72.9 Å². The largest absolute Gasteiger partial charge is 0.344 e. The number of amidine groups is 2. The molecule has 1 aromatic heterocycles. The van der Waals surface area contributed by atoms with Crippen molar-refractivity contribution in [3.8, 4) is 67.3 Å². The first kappa shape index (κ1) is 43.9. The summed E-state index contributed by atoms with van der Waals surface area (Å²) in [5.74, 6) is 3.57. The molecule has 6 nitrogen and oxygen atoms in total. The topological polar surface area (TPSA) is 75.4 Å². The van der Waals surface area contributed by atoms with Gasteiger partial charge in [-0.15, -0.1) is 0 Å². The molecule has 6 heteroatoms. The van der Waals surface area contributed by atoms with Crippen molar-refractivity contribution >= 4 is 17.2 Å². The van der Waals surface area contributed by atoms with E-state index in [2.05, 4.69) is 248 Å². The average Bonchev–Trinajstić information content (AvgIpc) is 3.48. The fourth-order valence-electron chi connectivity index (χ4n) is 9.56. The number of allylic oxidation sites excluding steroid dienone is 4. The van der Waals surface area contributed by atoms with Gasteiger partial charge in [0.15, 0.2) is 23.3 Å². The van der Waals surface area contributed by atoms with Crippen LogP contribution in [0.3, 0.4) is 0 Å². The minimum Gasteiger partial charge on any atom is -0.344 e. The van der Waals surface area contributed by atoms with E-state index in [4.69, 9.17) is 24.9 Å². The van der Waals surface area contributed by atoms with E-state index in [-0.39, 0.29) is 12.1 Å². The van der Waals surface area contributed by atoms with Crippen molar-refractivity contribution < 1.29 is 0 Å². The van der Waals surface area contributed by atoms with Gasteiger partial charge < -0.3 is 5.32 Å². The lowest BCUT2D eigenvalue weighted by molar-refractivity contribution is 0.674. The van der Waals surface area contributed by atoms with Crippen LogP contribution in [-0.4, -0.2) is 26.6 Å². The molecule has 10 aromatic rings. The SMILES string of the molecule is C1=CC(c2nc(-c3cccc(-c4ccccc4)c3)nc(-c3cccc(-c4cccc(-c5cccc(C6=NC(c7cccc(-c8ccccc8)c7)=NC(c7ccccc7)N6)c5)c4)c3)n2)=CC(c2ccccc2)C1. The first-order valence-electron chi connectivity index (χ1n) is 24.4. The Hall–Kier alpha value is -9.39. The smallest absolute Gasteiger partial charge is 0.164 e. The van der Waals surface area contributed by atoms with Gasteiger partial charge in [-0.3, -0.25) is 0 Å². The third-order valence-electron chi connectivity index (χ3n) is 13.3. The molecular weight excluding hydrogens is 877 g/mol. The maximum atomic E-state index is 5.22. The van der Waals surface area contributed by atoms with Crippen LogP contribution in [0.1, 0.15) is 46.6 Å². The van der Waals surface area contributed by atoms with E-state index in [0.29, 0.717) is 23.3 Å². The molecule has 2 heterocycles. The molecule has 0 fully saturated rings. The lowest BCUT2D eigenvalue weighted by Gasteiger charge is -2.24. The van der Waals surface area contributed by atoms with E-state index in [9.17, 15) is 0 Å². The maximum Gasteiger partial charge on any atom is 0.164 e. The average molecular weight is 925 g/mol. The Labute approximate surface area is 420 Å². The molecule has 9 aromatic carbocycles. The minimum absolute atomic E-state index is 0.222. The van der Waals surface area contributed by atoms with Crippen LogP contribution >= 0.6 is 0 Å². The highest BCUT2D eigenvalue weighted by molar-refractivity contribution is 6.13. The molecule has 1 N–H and O–H groups in total. The number of nitrogens with zero attached hydrogens (tertiary/aromatic N) is 5. The number of benzene rings is 9. The fraction of sp³-hybridized carbons (Fsp3) is 0.0455. The predicted molar refractivity (Wildman–Crippen MR) is 295 cm³/mol. The van der Waals surface area contributed by atoms with E-state index >= 15 is 0 Å². The third-order valence-corrected chi connectivity index (χ3v) is 13.3. The van der Waals surface area contributed by atoms with Crippen LogP contribution < -0.4 is 5.32 Å². The molecule has 0 amide bonds. The Balaban J connectivity index is 0.885. The second-order valence-corrected chi connectivity index (χ2v) is 18.1. The van der Waals surface area contributed by atoms with Crippen LogP contribution in [0.4, 0.5) is 0 Å². The first-order valence-corrected chi connectivity index (χ1v) is 24.4. The van der Waals surface area contributed by atoms with Gasteiger partial charge in [0.2, 0.25) is 0 Å². The van der Waals surface area contributed by atoms with Crippen LogP contribution in [0.15, 0.2) is 271 Å². The lowest BCUT2D eigenvalue weighted by atomic mass is 9.89. The molecule has 72 heavy (non-hydrogen) atoms. The zero-order valence-corrected chi connectivity index (χ0v) is 39.4. The van der Waals surface area contributed by atoms with Gasteiger partial charge >= 0.3 is 0 Å². The number of hydrogen-bond donors (Lipinski definition) is 1. The third kappa shape index (κ3) is 9.49. The van der Waals surface area contributed by atoms with E-state index in [1.165, 1.54) is 5.56 Å². The molecule has 1 aliphatic carbocycles. The molecule has 2 unspecified atom stereocenters. The van der Waals surface area contributed by atoms with Crippen molar-refractivity contribution in [2.45, 2.75) is 18.5 Å². The van der Waals surface area contributed by atoms with E-state index in [0.717, 1.165) is 90.2 Å². The highest BCUT2D eigenvalue weighted by Gasteiger charge is 2.23. The molecule has 0 bridgehead atoms. The van der Waals surface area contributed by atoms with Crippen molar-refractivity contribution in [2.75, 3.05) is 0 Å². The van der Waals surface area contributed by atoms with Crippen molar-refractivity contribution in [3.63, 3.8) is 0 Å². The van der Waals surface area contributed by atoms with Crippen molar-refractivity contribution in [3.05, 3.63) is 289 Å². The first-order chi connectivity index (χ1) is 35.6. The summed E-state index contributed by atoms with van der Waals surface area (Å²) >= 11 is 0. The molecule has 0 spiro atoms. The van der Waals surface area contributed by atoms with Crippen LogP contribution in [-0.2, 0) is 0 Å². The number of nitrogens with one attached hydrogen (secondary N) is 1. The van der Waals surface area contributed by atoms with E-state index in [1.807, 2.05) is 18.2 Å². The zero-order valence-electron chi connectivity index (χ0n) is 39.4. The van der Waals surface area contributed by atoms with Gasteiger partial charge in [0.05, 0.1) is 0 Å². The summed E-state index contributed by atoms with van der Waals surface area (Å²) in [6.07, 6.45) is 7.28. The van der Waals surface area contributed by atoms with Gasteiger partial charge in [-0.05, 0) is 92.4 Å². The van der Waals surface area contributed by atoms with Crippen molar-refractivity contribution in [1.29, 1.82) is 0 Å². The Kier molecular flexibility index (Phi) is 12.1. The summed E-state index contributed by atoms with van der Waals surface area (Å²) in [5.41, 5.74) is 15.9. The minimum atomic E-state index is -0.314. The van der Waals surface area contributed by atoms with Crippen LogP contribution in [0.5, 0.6) is 0 Å². The highest BCUT2D eigenvalue weighted by atomic mass is 15.2. The van der Waals surface area contributed by atoms with Gasteiger partial charge in [0.1, 0.15) is 12.0 Å². The molecule has 2 aliphatic rings. The molecule has 1 aliphatic heterocycles. The van der Waals surface area contributed by atoms with Gasteiger partial charge in [0.25, 0.3) is 0 Å². The summed E-state index contributed by atoms with van der Waals surface area (Å²) in [6, 6.07) is 84.6. The standard InChI is InChI=1S/C66H48N6/c1-5-19-45(20-6-1)49-27-14-34-56(40-49)62-67-61(48-25-11-4-12-26-48)68-63(69-62)59-37-17-32-54(43-59)52-30-13-31-53(39-52)55-33-18-38-60(44-55)66-71-64(57-35-15-28-50(41-57)46-21-7-2-8-22-46)70-65(72-66)58-36-16-29-51(42-58)47-23-9-3-10-24-47/h1-28,30-44,51,61H,29H2,(H,67,68,69). The molecule has 0 saturated heterocycles. The normalized spacial score (nSPS) is 15.2. The molecule has 0 saturated carbocycles. The highest BCUT2D eigenvalue weighted by Crippen LogP contribution is 2.35. The van der Waals surface area contributed by atoms with E-state index in [1.54, 1.807) is 0 Å². The molecule has 342 valence electrons. The monoisotopic (exact) mass is 924 g/mol. The second-order valence-electron chi connectivity index (χ2n) is 18.1. The Morgan fingerprint density at radius 3 is 1.28 bits per heavy atom. The Bertz CT molecular complexity index is 3690. The fourth-order valence-corrected chi connectivity index (χ4v) is 9.56. The number of aromatic nitrogens is 3. The van der Waals surface area contributed by atoms with E-state index < -0.39 is 0 Å². The van der Waals surface area contributed by atoms with Gasteiger partial charge in [-0.25, -0.2) is 24.9 Å². The summed E-state index contributed by atoms with van der Waals surface area (Å²) in [7, 11) is 0. The summed E-state index contributed by atoms with van der Waals surface area (Å²) in [5, 5.41) is 3.67. The summed E-state index contributed by atoms with van der Waals surface area (Å²) in [6.45, 7) is 0. The Morgan fingerprint density at radius 2 is 0.736 bits per heavy atom. The van der Waals surface area contributed by atoms with Gasteiger partial charge in [-0.1, -0.05) is 231 Å². The molecular formula is C66H48N6. The second kappa shape index (κ2) is 19.9. The zero-order chi connectivity index (χ0) is 48.1. The molecule has 0 radical (unpaired) electrons. The molecule has 2 atom stereocenters. The van der Waals surface area contributed by atoms with Crippen molar-refractivity contribution in [1.82, 2.24) is 20.3 Å². The summed E-state index contributed by atoms with van der Waals surface area (Å²) in [4.78, 5) is 26.0. The summed E-state index contributed by atoms with van der Waals surface area (Å²) < 4.78 is 0. The van der Waals surface area contributed by atoms with Crippen molar-refractivity contribution in [2.24, 2.45) is 9.98 Å². The van der Waals surface area contributed by atoms with Gasteiger partial charge in [0, 0.05) is 33.7 Å². The lowest BCUT2D eigenvalue weighted by Crippen LogP contribution is -2.33. The molecule has 12 rings (SSSR count). The van der Waals surface area contributed by atoms with Crippen LogP contribution in [0.2, 0.25) is 0 Å². The van der Waals surface area contributed by atoms with Gasteiger partial charge in [-0.2, -0.15) is 0 Å². The maximum absolute atomic E-state index is 5.22.